The Balaban J connectivity index is 2.09. The first-order chi connectivity index (χ1) is 8.58. The lowest BCUT2D eigenvalue weighted by molar-refractivity contribution is -0.127. The normalized spacial score (nSPS) is 27.6. The molecule has 1 aromatic heterocycles. The maximum absolute atomic E-state index is 12.5. The van der Waals surface area contributed by atoms with Gasteiger partial charge in [0.25, 0.3) is 0 Å². The molecular formula is C14H23N3O. The van der Waals surface area contributed by atoms with E-state index in [1.165, 1.54) is 0 Å². The second-order valence-corrected chi connectivity index (χ2v) is 5.55. The number of ketones is 1. The number of nitrogens with two attached hydrogens (primary N) is 1. The highest BCUT2D eigenvalue weighted by Gasteiger charge is 2.42. The Morgan fingerprint density at radius 3 is 3.06 bits per heavy atom. The van der Waals surface area contributed by atoms with E-state index < -0.39 is 0 Å². The summed E-state index contributed by atoms with van der Waals surface area (Å²) in [6.45, 7) is 5.06. The van der Waals surface area contributed by atoms with Crippen LogP contribution in [-0.4, -0.2) is 21.4 Å². The van der Waals surface area contributed by atoms with E-state index >= 15 is 0 Å². The van der Waals surface area contributed by atoms with Crippen LogP contribution in [0.15, 0.2) is 12.4 Å². The van der Waals surface area contributed by atoms with Crippen LogP contribution in [0.4, 0.5) is 0 Å². The van der Waals surface area contributed by atoms with Gasteiger partial charge in [-0.25, -0.2) is 4.98 Å². The minimum atomic E-state index is -0.344. The van der Waals surface area contributed by atoms with Gasteiger partial charge in [-0.1, -0.05) is 20.3 Å². The van der Waals surface area contributed by atoms with E-state index in [0.717, 1.165) is 38.1 Å². The van der Waals surface area contributed by atoms with E-state index in [-0.39, 0.29) is 17.2 Å². The number of imidazole rings is 1. The standard InChI is InChI=1S/C14H23N3O/c1-3-8-17-9-7-16-13(17)10-12(18)14(2)6-4-5-11(14)15/h7,9,11H,3-6,8,10,15H2,1-2H3. The zero-order chi connectivity index (χ0) is 13.2. The topological polar surface area (TPSA) is 60.9 Å². The van der Waals surface area contributed by atoms with Gasteiger partial charge in [0.2, 0.25) is 0 Å². The molecule has 1 aliphatic rings. The zero-order valence-corrected chi connectivity index (χ0v) is 11.4. The molecule has 0 amide bonds. The second kappa shape index (κ2) is 5.22. The molecule has 0 bridgehead atoms. The number of rotatable bonds is 5. The lowest BCUT2D eigenvalue weighted by Crippen LogP contribution is -2.42. The summed E-state index contributed by atoms with van der Waals surface area (Å²) in [6.07, 6.45) is 8.13. The maximum Gasteiger partial charge on any atom is 0.147 e. The van der Waals surface area contributed by atoms with Gasteiger partial charge >= 0.3 is 0 Å². The fourth-order valence-corrected chi connectivity index (χ4v) is 2.84. The average Bonchev–Trinajstić information content (AvgIpc) is 2.89. The first-order valence-electron chi connectivity index (χ1n) is 6.87. The van der Waals surface area contributed by atoms with Gasteiger partial charge in [0, 0.05) is 30.4 Å². The third-order valence-electron chi connectivity index (χ3n) is 4.25. The average molecular weight is 249 g/mol. The molecule has 1 heterocycles. The van der Waals surface area contributed by atoms with Gasteiger partial charge in [-0.15, -0.1) is 0 Å². The number of Topliss-reactive ketones (excluding diaryl/α,β-unsaturated/α-hetero) is 1. The van der Waals surface area contributed by atoms with Crippen molar-refractivity contribution < 1.29 is 4.79 Å². The molecule has 2 atom stereocenters. The SMILES string of the molecule is CCCn1ccnc1CC(=O)C1(C)CCCC1N. The van der Waals surface area contributed by atoms with Gasteiger partial charge in [0.1, 0.15) is 11.6 Å². The summed E-state index contributed by atoms with van der Waals surface area (Å²) in [7, 11) is 0. The van der Waals surface area contributed by atoms with Gasteiger partial charge in [-0.3, -0.25) is 4.79 Å². The van der Waals surface area contributed by atoms with E-state index in [1.807, 2.05) is 13.1 Å². The predicted molar refractivity (Wildman–Crippen MR) is 71.2 cm³/mol. The fourth-order valence-electron chi connectivity index (χ4n) is 2.84. The van der Waals surface area contributed by atoms with Crippen LogP contribution in [0.3, 0.4) is 0 Å². The molecule has 1 aromatic rings. The van der Waals surface area contributed by atoms with Crippen molar-refractivity contribution in [2.75, 3.05) is 0 Å². The summed E-state index contributed by atoms with van der Waals surface area (Å²) in [5, 5.41) is 0. The summed E-state index contributed by atoms with van der Waals surface area (Å²) in [6, 6.07) is 0.0135. The summed E-state index contributed by atoms with van der Waals surface area (Å²) < 4.78 is 2.07. The highest BCUT2D eigenvalue weighted by Crippen LogP contribution is 2.38. The predicted octanol–water partition coefficient (Wildman–Crippen LogP) is 1.92. The summed E-state index contributed by atoms with van der Waals surface area (Å²) >= 11 is 0. The van der Waals surface area contributed by atoms with E-state index in [0.29, 0.717) is 6.42 Å². The Morgan fingerprint density at radius 2 is 2.44 bits per heavy atom. The van der Waals surface area contributed by atoms with Crippen molar-refractivity contribution in [3.63, 3.8) is 0 Å². The number of carbonyl (C=O) groups is 1. The molecule has 0 aliphatic heterocycles. The van der Waals surface area contributed by atoms with E-state index in [9.17, 15) is 4.79 Å². The molecule has 0 spiro atoms. The quantitative estimate of drug-likeness (QED) is 0.867. The van der Waals surface area contributed by atoms with Crippen LogP contribution in [0.1, 0.15) is 45.4 Å². The Kier molecular flexibility index (Phi) is 3.85. The van der Waals surface area contributed by atoms with Crippen molar-refractivity contribution in [1.29, 1.82) is 0 Å². The molecule has 1 aliphatic carbocycles. The van der Waals surface area contributed by atoms with Crippen molar-refractivity contribution in [1.82, 2.24) is 9.55 Å². The molecule has 0 radical (unpaired) electrons. The van der Waals surface area contributed by atoms with Crippen molar-refractivity contribution >= 4 is 5.78 Å². The van der Waals surface area contributed by atoms with Gasteiger partial charge < -0.3 is 10.3 Å². The Bertz CT molecular complexity index is 426. The minimum absolute atomic E-state index is 0.0135. The smallest absolute Gasteiger partial charge is 0.147 e. The molecule has 0 saturated heterocycles. The molecule has 1 fully saturated rings. The third-order valence-corrected chi connectivity index (χ3v) is 4.25. The minimum Gasteiger partial charge on any atom is -0.335 e. The molecule has 2 unspecified atom stereocenters. The number of aryl methyl sites for hydroxylation is 1. The monoisotopic (exact) mass is 249 g/mol. The summed E-state index contributed by atoms with van der Waals surface area (Å²) in [4.78, 5) is 16.8. The number of aromatic nitrogens is 2. The first-order valence-corrected chi connectivity index (χ1v) is 6.87. The largest absolute Gasteiger partial charge is 0.335 e. The molecule has 100 valence electrons. The fraction of sp³-hybridized carbons (Fsp3) is 0.714. The molecule has 0 aromatic carbocycles. The highest BCUT2D eigenvalue weighted by molar-refractivity contribution is 5.87. The Morgan fingerprint density at radius 1 is 1.67 bits per heavy atom. The maximum atomic E-state index is 12.5. The molecular weight excluding hydrogens is 226 g/mol. The summed E-state index contributed by atoms with van der Waals surface area (Å²) in [5.74, 6) is 1.12. The second-order valence-electron chi connectivity index (χ2n) is 5.55. The van der Waals surface area contributed by atoms with Crippen LogP contribution in [-0.2, 0) is 17.8 Å². The van der Waals surface area contributed by atoms with E-state index in [4.69, 9.17) is 5.73 Å². The van der Waals surface area contributed by atoms with Crippen molar-refractivity contribution in [2.24, 2.45) is 11.1 Å². The number of nitrogens with zero attached hydrogens (tertiary/aromatic N) is 2. The van der Waals surface area contributed by atoms with E-state index in [1.54, 1.807) is 6.20 Å². The van der Waals surface area contributed by atoms with Crippen LogP contribution >= 0.6 is 0 Å². The number of hydrogen-bond donors (Lipinski definition) is 1. The lowest BCUT2D eigenvalue weighted by atomic mass is 9.79. The zero-order valence-electron chi connectivity index (χ0n) is 11.4. The van der Waals surface area contributed by atoms with Crippen molar-refractivity contribution in [3.05, 3.63) is 18.2 Å². The van der Waals surface area contributed by atoms with Crippen LogP contribution in [0, 0.1) is 5.41 Å². The van der Waals surface area contributed by atoms with Crippen LogP contribution in [0.5, 0.6) is 0 Å². The molecule has 1 saturated carbocycles. The van der Waals surface area contributed by atoms with Gasteiger partial charge in [-0.2, -0.15) is 0 Å². The van der Waals surface area contributed by atoms with Crippen LogP contribution < -0.4 is 5.73 Å². The van der Waals surface area contributed by atoms with Crippen molar-refractivity contribution in [2.45, 2.75) is 58.5 Å². The third kappa shape index (κ3) is 2.34. The molecule has 2 rings (SSSR count). The van der Waals surface area contributed by atoms with Crippen LogP contribution in [0.25, 0.3) is 0 Å². The Labute approximate surface area is 109 Å². The lowest BCUT2D eigenvalue weighted by Gasteiger charge is -2.27. The van der Waals surface area contributed by atoms with Gasteiger partial charge in [0.05, 0.1) is 6.42 Å². The molecule has 2 N–H and O–H groups in total. The summed E-state index contributed by atoms with van der Waals surface area (Å²) in [5.41, 5.74) is 5.75. The van der Waals surface area contributed by atoms with Crippen LogP contribution in [0.2, 0.25) is 0 Å². The highest BCUT2D eigenvalue weighted by atomic mass is 16.1. The molecule has 18 heavy (non-hydrogen) atoms. The van der Waals surface area contributed by atoms with Crippen molar-refractivity contribution in [3.8, 4) is 0 Å². The Hall–Kier alpha value is -1.16. The molecule has 4 heteroatoms. The molecule has 4 nitrogen and oxygen atoms in total. The van der Waals surface area contributed by atoms with Gasteiger partial charge in [0.15, 0.2) is 0 Å². The number of hydrogen-bond acceptors (Lipinski definition) is 3. The first kappa shape index (κ1) is 13.3. The number of carbonyl (C=O) groups excluding carboxylic acids is 1. The van der Waals surface area contributed by atoms with Gasteiger partial charge in [-0.05, 0) is 19.3 Å². The van der Waals surface area contributed by atoms with E-state index in [2.05, 4.69) is 16.5 Å².